The molecule has 6 aromatic rings. The van der Waals surface area contributed by atoms with Gasteiger partial charge in [-0.25, -0.2) is 4.39 Å². The molecule has 44 heavy (non-hydrogen) atoms. The van der Waals surface area contributed by atoms with Crippen LogP contribution in [0.4, 0.5) is 10.1 Å². The first-order chi connectivity index (χ1) is 21.3. The van der Waals surface area contributed by atoms with Gasteiger partial charge in [-0.3, -0.25) is 19.4 Å². The van der Waals surface area contributed by atoms with Gasteiger partial charge in [0, 0.05) is 58.6 Å². The number of H-pyrrole nitrogens is 1. The number of nitrogens with two attached hydrogens (primary N) is 2. The molecule has 0 radical (unpaired) electrons. The summed E-state index contributed by atoms with van der Waals surface area (Å²) in [4.78, 5) is 45.7. The second-order valence-corrected chi connectivity index (χ2v) is 10.2. The molecule has 0 atom stereocenters. The fourth-order valence-electron chi connectivity index (χ4n) is 5.34. The van der Waals surface area contributed by atoms with Gasteiger partial charge in [-0.1, -0.05) is 30.3 Å². The summed E-state index contributed by atoms with van der Waals surface area (Å²) >= 11 is 0. The molecule has 9 nitrogen and oxygen atoms in total. The maximum atomic E-state index is 13.4. The number of aromatic nitrogens is 2. The van der Waals surface area contributed by atoms with Gasteiger partial charge in [0.2, 0.25) is 0 Å². The highest BCUT2D eigenvalue weighted by atomic mass is 19.1. The largest absolute Gasteiger partial charge is 0.366 e. The third kappa shape index (κ3) is 5.37. The summed E-state index contributed by atoms with van der Waals surface area (Å²) in [7, 11) is 0. The minimum atomic E-state index is -0.609. The van der Waals surface area contributed by atoms with Crippen molar-refractivity contribution in [3.05, 3.63) is 131 Å². The van der Waals surface area contributed by atoms with Crippen molar-refractivity contribution >= 4 is 45.2 Å². The van der Waals surface area contributed by atoms with Crippen molar-refractivity contribution in [1.82, 2.24) is 15.3 Å². The molecule has 0 aliphatic carbocycles. The molecule has 4 aromatic carbocycles. The van der Waals surface area contributed by atoms with Crippen LogP contribution >= 0.6 is 0 Å². The van der Waals surface area contributed by atoms with Gasteiger partial charge in [0.1, 0.15) is 5.82 Å². The number of nitrogens with zero attached hydrogens (tertiary/aromatic N) is 1. The Morgan fingerprint density at radius 3 is 2.39 bits per heavy atom. The molecule has 0 unspecified atom stereocenters. The number of pyridine rings is 1. The maximum absolute atomic E-state index is 13.4. The Morgan fingerprint density at radius 2 is 1.66 bits per heavy atom. The molecule has 218 valence electrons. The number of primary amides is 1. The normalized spacial score (nSPS) is 11.0. The van der Waals surface area contributed by atoms with Crippen LogP contribution in [-0.4, -0.2) is 27.7 Å². The molecule has 2 heterocycles. The van der Waals surface area contributed by atoms with E-state index in [4.69, 9.17) is 11.5 Å². The van der Waals surface area contributed by atoms with E-state index >= 15 is 0 Å². The zero-order valence-electron chi connectivity index (χ0n) is 23.4. The molecule has 0 spiro atoms. The topological polar surface area (TPSA) is 156 Å². The van der Waals surface area contributed by atoms with Crippen LogP contribution < -0.4 is 22.1 Å². The van der Waals surface area contributed by atoms with Crippen LogP contribution in [0.5, 0.6) is 0 Å². The number of carbonyl (C=O) groups excluding carboxylic acids is 3. The van der Waals surface area contributed by atoms with Crippen molar-refractivity contribution in [3.63, 3.8) is 0 Å². The van der Waals surface area contributed by atoms with Crippen LogP contribution in [0.3, 0.4) is 0 Å². The van der Waals surface area contributed by atoms with Crippen LogP contribution in [-0.2, 0) is 13.1 Å². The molecule has 6 rings (SSSR count). The number of hydrogen-bond donors (Lipinski definition) is 5. The van der Waals surface area contributed by atoms with E-state index in [0.717, 1.165) is 27.5 Å². The number of aromatic amines is 1. The standard InChI is InChI=1S/C34H27FN6O3/c35-22-9-6-20(7-10-22)34(44)41-28-5-1-4-23(27(28)16-36)24-12-13-26(32(37)42)31-30(24)25-11-8-21(15-29(25)40-31)33(43)39-18-19-3-2-14-38-17-19/h1-15,17,40H,16,18,36H2,(H2,37,42)(H,39,43)(H,41,44). The number of fused-ring (bicyclic) bond motifs is 3. The lowest BCUT2D eigenvalue weighted by Gasteiger charge is -2.16. The van der Waals surface area contributed by atoms with Crippen molar-refractivity contribution in [2.45, 2.75) is 13.1 Å². The quantitative estimate of drug-likeness (QED) is 0.164. The van der Waals surface area contributed by atoms with Crippen molar-refractivity contribution in [1.29, 1.82) is 0 Å². The number of halogens is 1. The first-order valence-electron chi connectivity index (χ1n) is 13.8. The molecule has 3 amide bonds. The van der Waals surface area contributed by atoms with E-state index in [-0.39, 0.29) is 18.0 Å². The zero-order chi connectivity index (χ0) is 30.8. The van der Waals surface area contributed by atoms with E-state index in [2.05, 4.69) is 20.6 Å². The van der Waals surface area contributed by atoms with Gasteiger partial charge in [0.25, 0.3) is 17.7 Å². The van der Waals surface area contributed by atoms with E-state index in [1.54, 1.807) is 54.9 Å². The summed E-state index contributed by atoms with van der Waals surface area (Å²) in [6.45, 7) is 0.418. The maximum Gasteiger partial charge on any atom is 0.255 e. The zero-order valence-corrected chi connectivity index (χ0v) is 23.4. The van der Waals surface area contributed by atoms with Crippen molar-refractivity contribution < 1.29 is 18.8 Å². The predicted molar refractivity (Wildman–Crippen MR) is 167 cm³/mol. The summed E-state index contributed by atoms with van der Waals surface area (Å²) < 4.78 is 13.4. The Hall–Kier alpha value is -5.87. The number of amides is 3. The predicted octanol–water partition coefficient (Wildman–Crippen LogP) is 5.26. The molecule has 0 aliphatic heterocycles. The van der Waals surface area contributed by atoms with E-state index < -0.39 is 17.6 Å². The number of nitrogens with one attached hydrogen (secondary N) is 3. The van der Waals surface area contributed by atoms with Gasteiger partial charge in [0.05, 0.1) is 11.1 Å². The Labute approximate surface area is 251 Å². The summed E-state index contributed by atoms with van der Waals surface area (Å²) in [6.07, 6.45) is 3.35. The van der Waals surface area contributed by atoms with E-state index in [1.165, 1.54) is 24.3 Å². The smallest absolute Gasteiger partial charge is 0.255 e. The molecule has 0 fully saturated rings. The first-order valence-corrected chi connectivity index (χ1v) is 13.8. The first kappa shape index (κ1) is 28.3. The molecule has 0 saturated heterocycles. The monoisotopic (exact) mass is 586 g/mol. The Kier molecular flexibility index (Phi) is 7.57. The van der Waals surface area contributed by atoms with Crippen LogP contribution in [0.25, 0.3) is 32.9 Å². The molecular formula is C34H27FN6O3. The van der Waals surface area contributed by atoms with Gasteiger partial charge in [-0.05, 0) is 76.9 Å². The number of hydrogen-bond acceptors (Lipinski definition) is 5. The molecule has 7 N–H and O–H groups in total. The third-order valence-electron chi connectivity index (χ3n) is 7.48. The van der Waals surface area contributed by atoms with Gasteiger partial charge in [0.15, 0.2) is 0 Å². The number of rotatable bonds is 8. The number of benzene rings is 4. The molecule has 0 saturated carbocycles. The van der Waals surface area contributed by atoms with Gasteiger partial charge < -0.3 is 27.1 Å². The average molecular weight is 587 g/mol. The summed E-state index contributed by atoms with van der Waals surface area (Å²) in [5.41, 5.74) is 17.7. The Balaban J connectivity index is 1.42. The summed E-state index contributed by atoms with van der Waals surface area (Å²) in [6, 6.07) is 23.1. The van der Waals surface area contributed by atoms with E-state index in [1.807, 2.05) is 18.2 Å². The molecular weight excluding hydrogens is 559 g/mol. The SMILES string of the molecule is NCc1c(NC(=O)c2ccc(F)cc2)cccc1-c1ccc(C(N)=O)c2[nH]c3cc(C(=O)NCc4cccnc4)ccc3c12. The van der Waals surface area contributed by atoms with Crippen LogP contribution in [0, 0.1) is 5.82 Å². The summed E-state index contributed by atoms with van der Waals surface area (Å²) in [5.74, 6) is -1.72. The molecule has 10 heteroatoms. The molecule has 0 aliphatic rings. The highest BCUT2D eigenvalue weighted by molar-refractivity contribution is 6.20. The summed E-state index contributed by atoms with van der Waals surface area (Å²) in [5, 5.41) is 7.27. The number of carbonyl (C=O) groups is 3. The van der Waals surface area contributed by atoms with Crippen molar-refractivity contribution in [2.75, 3.05) is 5.32 Å². The lowest BCUT2D eigenvalue weighted by Crippen LogP contribution is -2.22. The minimum Gasteiger partial charge on any atom is -0.366 e. The van der Waals surface area contributed by atoms with Crippen LogP contribution in [0.15, 0.2) is 97.3 Å². The third-order valence-corrected chi connectivity index (χ3v) is 7.48. The Morgan fingerprint density at radius 1 is 0.864 bits per heavy atom. The second kappa shape index (κ2) is 11.8. The fraction of sp³-hybridized carbons (Fsp3) is 0.0588. The fourth-order valence-corrected chi connectivity index (χ4v) is 5.34. The lowest BCUT2D eigenvalue weighted by atomic mass is 9.92. The lowest BCUT2D eigenvalue weighted by molar-refractivity contribution is 0.0949. The molecule has 2 aromatic heterocycles. The Bertz CT molecular complexity index is 2060. The highest BCUT2D eigenvalue weighted by Crippen LogP contribution is 2.39. The van der Waals surface area contributed by atoms with Crippen LogP contribution in [0.2, 0.25) is 0 Å². The van der Waals surface area contributed by atoms with Crippen molar-refractivity contribution in [3.8, 4) is 11.1 Å². The average Bonchev–Trinajstić information content (AvgIpc) is 3.42. The van der Waals surface area contributed by atoms with Crippen LogP contribution in [0.1, 0.15) is 42.2 Å². The van der Waals surface area contributed by atoms with Gasteiger partial charge in [-0.2, -0.15) is 0 Å². The minimum absolute atomic E-state index is 0.0951. The van der Waals surface area contributed by atoms with Crippen molar-refractivity contribution in [2.24, 2.45) is 11.5 Å². The van der Waals surface area contributed by atoms with E-state index in [0.29, 0.717) is 40.0 Å². The van der Waals surface area contributed by atoms with Gasteiger partial charge in [-0.15, -0.1) is 0 Å². The highest BCUT2D eigenvalue weighted by Gasteiger charge is 2.20. The van der Waals surface area contributed by atoms with Gasteiger partial charge >= 0.3 is 0 Å². The molecule has 0 bridgehead atoms. The number of anilines is 1. The van der Waals surface area contributed by atoms with E-state index in [9.17, 15) is 18.8 Å². The second-order valence-electron chi connectivity index (χ2n) is 10.2.